The molecular weight excluding hydrogens is 482 g/mol. The van der Waals surface area contributed by atoms with Gasteiger partial charge >= 0.3 is 0 Å². The number of hydrogen-bond acceptors (Lipinski definition) is 4. The second kappa shape index (κ2) is 10.9. The number of aromatic nitrogens is 1. The minimum absolute atomic E-state index is 0.234. The zero-order valence-electron chi connectivity index (χ0n) is 18.2. The predicted molar refractivity (Wildman–Crippen MR) is 135 cm³/mol. The van der Waals surface area contributed by atoms with E-state index in [2.05, 4.69) is 25.6 Å². The Hall–Kier alpha value is -3.43. The van der Waals surface area contributed by atoms with Crippen LogP contribution in [0.25, 0.3) is 32.4 Å². The highest BCUT2D eigenvalue weighted by molar-refractivity contribution is 9.10. The van der Waals surface area contributed by atoms with Gasteiger partial charge in [-0.3, -0.25) is 9.36 Å². The Balaban J connectivity index is 2.14. The van der Waals surface area contributed by atoms with E-state index in [1.807, 2.05) is 18.2 Å². The smallest absolute Gasteiger partial charge is 0.247 e. The second-order valence-electron chi connectivity index (χ2n) is 7.48. The molecule has 168 valence electrons. The van der Waals surface area contributed by atoms with E-state index in [4.69, 9.17) is 29.3 Å². The molecule has 4 N–H and O–H groups in total. The van der Waals surface area contributed by atoms with E-state index in [0.717, 1.165) is 22.7 Å². The van der Waals surface area contributed by atoms with Crippen LogP contribution in [0.15, 0.2) is 47.1 Å². The van der Waals surface area contributed by atoms with Crippen LogP contribution >= 0.6 is 15.9 Å². The first kappa shape index (κ1) is 24.2. The van der Waals surface area contributed by atoms with E-state index >= 15 is 0 Å². The van der Waals surface area contributed by atoms with Crippen LogP contribution in [0.3, 0.4) is 0 Å². The Labute approximate surface area is 201 Å². The molecule has 0 radical (unpaired) electrons. The Morgan fingerprint density at radius 1 is 1.24 bits per heavy atom. The number of rotatable bonds is 8. The number of benzene rings is 2. The fourth-order valence-electron chi connectivity index (χ4n) is 3.62. The van der Waals surface area contributed by atoms with Crippen molar-refractivity contribution in [3.63, 3.8) is 0 Å². The summed E-state index contributed by atoms with van der Waals surface area (Å²) in [5, 5.41) is 0.745. The number of halogens is 1. The molecule has 0 spiro atoms. The van der Waals surface area contributed by atoms with Crippen molar-refractivity contribution in [2.24, 2.45) is 11.5 Å². The van der Waals surface area contributed by atoms with Gasteiger partial charge < -0.3 is 16.2 Å². The summed E-state index contributed by atoms with van der Waals surface area (Å²) in [5.74, 6) is 0.314. The number of nitrogens with zero attached hydrogens (tertiary/aromatic N) is 3. The summed E-state index contributed by atoms with van der Waals surface area (Å²) in [4.78, 5) is 20.3. The summed E-state index contributed by atoms with van der Waals surface area (Å²) in [6.45, 7) is 15.7. The standard InChI is InChI=1S/C25H24BrN5O2/c1-29-18-8-10-24(33-3)16(12-18)13-22(30-2)20-15-31(23-9-7-17(26)14-19(20)23)25(32)21(28)6-4-5-11-27/h7-10,12-15,21H,4-6,11,27-28H2,3H3/b22-13-/t21-/m1/s1. The fraction of sp³-hybridized carbons (Fsp3) is 0.240. The highest BCUT2D eigenvalue weighted by atomic mass is 79.9. The Bertz CT molecular complexity index is 1300. The first-order chi connectivity index (χ1) is 15.9. The fourth-order valence-corrected chi connectivity index (χ4v) is 3.98. The molecule has 0 aliphatic heterocycles. The van der Waals surface area contributed by atoms with Crippen molar-refractivity contribution in [2.45, 2.75) is 25.3 Å². The van der Waals surface area contributed by atoms with Gasteiger partial charge in [-0.05, 0) is 66.7 Å². The zero-order valence-corrected chi connectivity index (χ0v) is 19.8. The molecule has 1 aromatic heterocycles. The van der Waals surface area contributed by atoms with E-state index in [0.29, 0.717) is 46.7 Å². The molecule has 0 aliphatic carbocycles. The molecular formula is C25H24BrN5O2. The van der Waals surface area contributed by atoms with Crippen molar-refractivity contribution in [1.29, 1.82) is 0 Å². The van der Waals surface area contributed by atoms with Crippen molar-refractivity contribution < 1.29 is 9.53 Å². The lowest BCUT2D eigenvalue weighted by atomic mass is 10.1. The molecule has 2 aromatic carbocycles. The van der Waals surface area contributed by atoms with Gasteiger partial charge in [0.2, 0.25) is 5.91 Å². The average Bonchev–Trinajstić information content (AvgIpc) is 3.20. The summed E-state index contributed by atoms with van der Waals surface area (Å²) >= 11 is 3.48. The number of ether oxygens (including phenoxy) is 1. The first-order valence-electron chi connectivity index (χ1n) is 10.4. The highest BCUT2D eigenvalue weighted by Crippen LogP contribution is 2.34. The van der Waals surface area contributed by atoms with Gasteiger partial charge in [0, 0.05) is 16.2 Å². The molecule has 0 aliphatic rings. The van der Waals surface area contributed by atoms with Gasteiger partial charge in [0.25, 0.3) is 0 Å². The van der Waals surface area contributed by atoms with Crippen LogP contribution in [0.5, 0.6) is 5.75 Å². The molecule has 3 rings (SSSR count). The zero-order chi connectivity index (χ0) is 24.0. The molecule has 8 heteroatoms. The van der Waals surface area contributed by atoms with Gasteiger partial charge in [-0.25, -0.2) is 9.69 Å². The molecule has 0 unspecified atom stereocenters. The molecule has 0 saturated carbocycles. The van der Waals surface area contributed by atoms with Gasteiger partial charge in [-0.1, -0.05) is 28.4 Å². The monoisotopic (exact) mass is 505 g/mol. The summed E-state index contributed by atoms with van der Waals surface area (Å²) in [6.07, 6.45) is 5.45. The Kier molecular flexibility index (Phi) is 8.02. The van der Waals surface area contributed by atoms with Gasteiger partial charge in [0.15, 0.2) is 11.4 Å². The van der Waals surface area contributed by atoms with Crippen LogP contribution < -0.4 is 16.2 Å². The minimum Gasteiger partial charge on any atom is -0.496 e. The lowest BCUT2D eigenvalue weighted by molar-refractivity contribution is 0.0879. The largest absolute Gasteiger partial charge is 0.496 e. The molecule has 0 saturated heterocycles. The molecule has 0 amide bonds. The number of hydrogen-bond donors (Lipinski definition) is 2. The molecule has 0 fully saturated rings. The number of carbonyl (C=O) groups excluding carboxylic acids is 1. The lowest BCUT2D eigenvalue weighted by Gasteiger charge is -2.12. The number of nitrogens with two attached hydrogens (primary N) is 2. The molecule has 1 atom stereocenters. The van der Waals surface area contributed by atoms with Crippen molar-refractivity contribution in [3.05, 3.63) is 81.0 Å². The van der Waals surface area contributed by atoms with Crippen LogP contribution in [0.4, 0.5) is 5.69 Å². The Morgan fingerprint density at radius 2 is 2.03 bits per heavy atom. The number of carbonyl (C=O) groups is 1. The second-order valence-corrected chi connectivity index (χ2v) is 8.40. The Morgan fingerprint density at radius 3 is 2.70 bits per heavy atom. The van der Waals surface area contributed by atoms with E-state index < -0.39 is 6.04 Å². The van der Waals surface area contributed by atoms with E-state index in [1.165, 1.54) is 11.7 Å². The molecule has 7 nitrogen and oxygen atoms in total. The predicted octanol–water partition coefficient (Wildman–Crippen LogP) is 5.48. The molecule has 3 aromatic rings. The number of methoxy groups -OCH3 is 1. The minimum atomic E-state index is -0.667. The molecule has 0 bridgehead atoms. The maximum atomic E-state index is 13.1. The van der Waals surface area contributed by atoms with E-state index in [1.54, 1.807) is 30.5 Å². The SMILES string of the molecule is [C-]#[N+]/C(=C\c1cc([N+]#[C-])ccc1OC)c1cn(C(=O)[C@H](N)CCCCN)c2ccc(Br)cc12. The average molecular weight is 506 g/mol. The number of fused-ring (bicyclic) bond motifs is 1. The van der Waals surface area contributed by atoms with Crippen LogP contribution in [0.2, 0.25) is 0 Å². The van der Waals surface area contributed by atoms with Gasteiger partial charge in [-0.2, -0.15) is 0 Å². The summed E-state index contributed by atoms with van der Waals surface area (Å²) < 4.78 is 7.76. The van der Waals surface area contributed by atoms with Crippen LogP contribution in [0.1, 0.15) is 35.2 Å². The third-order valence-corrected chi connectivity index (χ3v) is 5.81. The van der Waals surface area contributed by atoms with Crippen LogP contribution in [-0.2, 0) is 0 Å². The third kappa shape index (κ3) is 5.32. The van der Waals surface area contributed by atoms with Crippen LogP contribution in [-0.4, -0.2) is 30.2 Å². The van der Waals surface area contributed by atoms with Gasteiger partial charge in [0.05, 0.1) is 31.8 Å². The van der Waals surface area contributed by atoms with E-state index in [-0.39, 0.29) is 5.91 Å². The third-order valence-electron chi connectivity index (χ3n) is 5.32. The summed E-state index contributed by atoms with van der Waals surface area (Å²) in [5.41, 5.74) is 14.4. The summed E-state index contributed by atoms with van der Waals surface area (Å²) in [6, 6.07) is 9.91. The summed E-state index contributed by atoms with van der Waals surface area (Å²) in [7, 11) is 1.54. The van der Waals surface area contributed by atoms with E-state index in [9.17, 15) is 4.79 Å². The molecule has 33 heavy (non-hydrogen) atoms. The van der Waals surface area contributed by atoms with Crippen molar-refractivity contribution >= 4 is 50.2 Å². The maximum Gasteiger partial charge on any atom is 0.247 e. The van der Waals surface area contributed by atoms with Crippen LogP contribution in [0, 0.1) is 13.1 Å². The normalized spacial score (nSPS) is 12.2. The topological polar surface area (TPSA) is 92.0 Å². The van der Waals surface area contributed by atoms with Gasteiger partial charge in [-0.15, -0.1) is 0 Å². The number of unbranched alkanes of at least 4 members (excludes halogenated alkanes) is 1. The van der Waals surface area contributed by atoms with Crippen molar-refractivity contribution in [3.8, 4) is 5.75 Å². The van der Waals surface area contributed by atoms with Crippen molar-refractivity contribution in [2.75, 3.05) is 13.7 Å². The lowest BCUT2D eigenvalue weighted by Crippen LogP contribution is -2.34. The highest BCUT2D eigenvalue weighted by Gasteiger charge is 2.21. The quantitative estimate of drug-likeness (QED) is 0.313. The first-order valence-corrected chi connectivity index (χ1v) is 11.2. The van der Waals surface area contributed by atoms with Gasteiger partial charge in [0.1, 0.15) is 5.75 Å². The maximum absolute atomic E-state index is 13.1. The van der Waals surface area contributed by atoms with Crippen molar-refractivity contribution in [1.82, 2.24) is 4.57 Å². The molecule has 1 heterocycles.